The van der Waals surface area contributed by atoms with Crippen molar-refractivity contribution in [2.45, 2.75) is 32.2 Å². The van der Waals surface area contributed by atoms with Gasteiger partial charge >= 0.3 is 0 Å². The Bertz CT molecular complexity index is 438. The van der Waals surface area contributed by atoms with Crippen molar-refractivity contribution < 1.29 is 8.42 Å². The maximum absolute atomic E-state index is 12.1. The Morgan fingerprint density at radius 2 is 2.24 bits per heavy atom. The summed E-state index contributed by atoms with van der Waals surface area (Å²) in [6.07, 6.45) is 4.32. The monoisotopic (exact) mass is 275 g/mol. The standard InChI is InChI=1S/C10H17N3O2S2/c1-2-9(10-11-5-8-16-10)12-17(14,15)13-6-3-4-7-13/h5,8-9,12H,2-4,6-7H2,1H3. The summed E-state index contributed by atoms with van der Waals surface area (Å²) in [6, 6.07) is -0.208. The van der Waals surface area contributed by atoms with Gasteiger partial charge in [-0.25, -0.2) is 4.98 Å². The van der Waals surface area contributed by atoms with Crippen LogP contribution < -0.4 is 4.72 Å². The Labute approximate surface area is 106 Å². The second-order valence-corrected chi connectivity index (χ2v) is 6.69. The second kappa shape index (κ2) is 5.43. The first-order valence-electron chi connectivity index (χ1n) is 5.80. The van der Waals surface area contributed by atoms with Crippen molar-refractivity contribution >= 4 is 21.5 Å². The molecule has 1 fully saturated rings. The van der Waals surface area contributed by atoms with Crippen molar-refractivity contribution in [1.29, 1.82) is 0 Å². The fraction of sp³-hybridized carbons (Fsp3) is 0.700. The third-order valence-electron chi connectivity index (χ3n) is 2.85. The molecule has 1 atom stereocenters. The summed E-state index contributed by atoms with van der Waals surface area (Å²) in [7, 11) is -3.35. The Morgan fingerprint density at radius 3 is 2.76 bits per heavy atom. The molecule has 96 valence electrons. The largest absolute Gasteiger partial charge is 0.280 e. The van der Waals surface area contributed by atoms with E-state index in [-0.39, 0.29) is 6.04 Å². The third-order valence-corrected chi connectivity index (χ3v) is 5.37. The van der Waals surface area contributed by atoms with Crippen LogP contribution in [-0.2, 0) is 10.2 Å². The maximum atomic E-state index is 12.1. The molecule has 1 saturated heterocycles. The van der Waals surface area contributed by atoms with Gasteiger partial charge < -0.3 is 0 Å². The molecule has 1 aliphatic rings. The Balaban J connectivity index is 2.08. The minimum absolute atomic E-state index is 0.208. The minimum Gasteiger partial charge on any atom is -0.248 e. The van der Waals surface area contributed by atoms with Crippen LogP contribution in [0.15, 0.2) is 11.6 Å². The molecule has 1 unspecified atom stereocenters. The molecular weight excluding hydrogens is 258 g/mol. The van der Waals surface area contributed by atoms with Gasteiger partial charge in [-0.15, -0.1) is 11.3 Å². The van der Waals surface area contributed by atoms with E-state index in [1.54, 1.807) is 6.20 Å². The molecule has 0 aliphatic carbocycles. The molecule has 17 heavy (non-hydrogen) atoms. The lowest BCUT2D eigenvalue weighted by atomic mass is 10.3. The topological polar surface area (TPSA) is 62.3 Å². The maximum Gasteiger partial charge on any atom is 0.280 e. The minimum atomic E-state index is -3.35. The number of hydrogen-bond donors (Lipinski definition) is 1. The molecule has 1 aliphatic heterocycles. The molecular formula is C10H17N3O2S2. The Kier molecular flexibility index (Phi) is 4.13. The van der Waals surface area contributed by atoms with Gasteiger partial charge in [-0.05, 0) is 19.3 Å². The number of nitrogens with one attached hydrogen (secondary N) is 1. The SMILES string of the molecule is CCC(NS(=O)(=O)N1CCCC1)c1nccs1. The van der Waals surface area contributed by atoms with Crippen molar-refractivity contribution in [2.24, 2.45) is 0 Å². The van der Waals surface area contributed by atoms with Gasteiger partial charge in [0.25, 0.3) is 10.2 Å². The van der Waals surface area contributed by atoms with E-state index < -0.39 is 10.2 Å². The number of hydrogen-bond acceptors (Lipinski definition) is 4. The zero-order valence-corrected chi connectivity index (χ0v) is 11.4. The van der Waals surface area contributed by atoms with Gasteiger partial charge in [0, 0.05) is 24.7 Å². The molecule has 7 heteroatoms. The molecule has 1 aromatic rings. The van der Waals surface area contributed by atoms with E-state index in [0.717, 1.165) is 17.8 Å². The number of rotatable bonds is 5. The summed E-state index contributed by atoms with van der Waals surface area (Å²) in [6.45, 7) is 3.21. The molecule has 2 heterocycles. The van der Waals surface area contributed by atoms with Crippen molar-refractivity contribution in [2.75, 3.05) is 13.1 Å². The number of aromatic nitrogens is 1. The van der Waals surface area contributed by atoms with Crippen LogP contribution in [0.1, 0.15) is 37.2 Å². The number of nitrogens with zero attached hydrogens (tertiary/aromatic N) is 2. The summed E-state index contributed by atoms with van der Waals surface area (Å²) in [4.78, 5) is 4.17. The third kappa shape index (κ3) is 3.04. The zero-order valence-electron chi connectivity index (χ0n) is 9.80. The molecule has 0 spiro atoms. The van der Waals surface area contributed by atoms with Crippen LogP contribution in [0.25, 0.3) is 0 Å². The van der Waals surface area contributed by atoms with Gasteiger partial charge in [-0.2, -0.15) is 17.4 Å². The predicted molar refractivity (Wildman–Crippen MR) is 68.0 cm³/mol. The lowest BCUT2D eigenvalue weighted by Gasteiger charge is -2.20. The molecule has 0 aromatic carbocycles. The van der Waals surface area contributed by atoms with Crippen molar-refractivity contribution in [3.63, 3.8) is 0 Å². The van der Waals surface area contributed by atoms with E-state index >= 15 is 0 Å². The quantitative estimate of drug-likeness (QED) is 0.886. The predicted octanol–water partition coefficient (Wildman–Crippen LogP) is 1.52. The molecule has 0 saturated carbocycles. The first kappa shape index (κ1) is 12.9. The fourth-order valence-corrected chi connectivity index (χ4v) is 4.27. The van der Waals surface area contributed by atoms with Crippen LogP contribution in [-0.4, -0.2) is 30.8 Å². The normalized spacial score (nSPS) is 19.6. The van der Waals surface area contributed by atoms with Gasteiger partial charge in [-0.3, -0.25) is 0 Å². The van der Waals surface area contributed by atoms with Gasteiger partial charge in [0.15, 0.2) is 0 Å². The van der Waals surface area contributed by atoms with Crippen LogP contribution in [0.4, 0.5) is 0 Å². The Morgan fingerprint density at radius 1 is 1.53 bits per heavy atom. The first-order valence-corrected chi connectivity index (χ1v) is 8.12. The highest BCUT2D eigenvalue weighted by Gasteiger charge is 2.28. The molecule has 0 bridgehead atoms. The number of thiazole rings is 1. The van der Waals surface area contributed by atoms with E-state index in [1.807, 2.05) is 12.3 Å². The van der Waals surface area contributed by atoms with Crippen molar-refractivity contribution in [1.82, 2.24) is 14.0 Å². The van der Waals surface area contributed by atoms with Gasteiger partial charge in [0.05, 0.1) is 6.04 Å². The molecule has 0 radical (unpaired) electrons. The summed E-state index contributed by atoms with van der Waals surface area (Å²) in [5, 5.41) is 2.69. The average Bonchev–Trinajstić information content (AvgIpc) is 2.97. The molecule has 2 rings (SSSR count). The van der Waals surface area contributed by atoms with Gasteiger partial charge in [0.2, 0.25) is 0 Å². The van der Waals surface area contributed by atoms with Crippen LogP contribution in [0.3, 0.4) is 0 Å². The van der Waals surface area contributed by atoms with E-state index in [2.05, 4.69) is 9.71 Å². The summed E-state index contributed by atoms with van der Waals surface area (Å²) < 4.78 is 28.4. The first-order chi connectivity index (χ1) is 8.13. The highest BCUT2D eigenvalue weighted by molar-refractivity contribution is 7.87. The summed E-state index contributed by atoms with van der Waals surface area (Å²) in [5.41, 5.74) is 0. The summed E-state index contributed by atoms with van der Waals surface area (Å²) in [5.74, 6) is 0. The second-order valence-electron chi connectivity index (χ2n) is 4.06. The highest BCUT2D eigenvalue weighted by atomic mass is 32.2. The highest BCUT2D eigenvalue weighted by Crippen LogP contribution is 2.21. The molecule has 1 aromatic heterocycles. The van der Waals surface area contributed by atoms with Crippen LogP contribution in [0, 0.1) is 0 Å². The van der Waals surface area contributed by atoms with Gasteiger partial charge in [-0.1, -0.05) is 6.92 Å². The Hall–Kier alpha value is -0.500. The lowest BCUT2D eigenvalue weighted by molar-refractivity contribution is 0.450. The van der Waals surface area contributed by atoms with Crippen molar-refractivity contribution in [3.8, 4) is 0 Å². The molecule has 0 amide bonds. The van der Waals surface area contributed by atoms with Gasteiger partial charge in [0.1, 0.15) is 5.01 Å². The lowest BCUT2D eigenvalue weighted by Crippen LogP contribution is -2.40. The molecule has 1 N–H and O–H groups in total. The zero-order chi connectivity index (χ0) is 12.3. The van der Waals surface area contributed by atoms with E-state index in [0.29, 0.717) is 19.5 Å². The van der Waals surface area contributed by atoms with E-state index in [9.17, 15) is 8.42 Å². The van der Waals surface area contributed by atoms with Crippen LogP contribution in [0.2, 0.25) is 0 Å². The van der Waals surface area contributed by atoms with E-state index in [4.69, 9.17) is 0 Å². The fourth-order valence-electron chi connectivity index (χ4n) is 1.90. The summed E-state index contributed by atoms with van der Waals surface area (Å²) >= 11 is 1.48. The van der Waals surface area contributed by atoms with E-state index in [1.165, 1.54) is 15.6 Å². The van der Waals surface area contributed by atoms with Crippen molar-refractivity contribution in [3.05, 3.63) is 16.6 Å². The molecule has 5 nitrogen and oxygen atoms in total. The van der Waals surface area contributed by atoms with Crippen LogP contribution >= 0.6 is 11.3 Å². The van der Waals surface area contributed by atoms with Crippen LogP contribution in [0.5, 0.6) is 0 Å². The smallest absolute Gasteiger partial charge is 0.248 e. The average molecular weight is 275 g/mol.